The van der Waals surface area contributed by atoms with Crippen LogP contribution in [0, 0.1) is 11.8 Å². The lowest BCUT2D eigenvalue weighted by Crippen LogP contribution is -2.33. The summed E-state index contributed by atoms with van der Waals surface area (Å²) < 4.78 is 0. The fourth-order valence-electron chi connectivity index (χ4n) is 2.52. The molecule has 0 radical (unpaired) electrons. The van der Waals surface area contributed by atoms with E-state index in [0.29, 0.717) is 6.04 Å². The molecule has 0 spiro atoms. The molecule has 1 N–H and O–H groups in total. The molecule has 1 aliphatic heterocycles. The second-order valence-electron chi connectivity index (χ2n) is 5.49. The minimum absolute atomic E-state index is 0.681. The molecule has 1 aliphatic rings. The van der Waals surface area contributed by atoms with Gasteiger partial charge in [0.05, 0.1) is 0 Å². The molecular weight excluding hydrogens is 184 g/mol. The molecule has 90 valence electrons. The number of nitrogens with one attached hydrogen (secondary N) is 1. The molecule has 1 saturated heterocycles. The Morgan fingerprint density at radius 3 is 2.60 bits per heavy atom. The van der Waals surface area contributed by atoms with Gasteiger partial charge in [-0.2, -0.15) is 0 Å². The zero-order valence-corrected chi connectivity index (χ0v) is 10.9. The molecule has 15 heavy (non-hydrogen) atoms. The average molecular weight is 212 g/mol. The van der Waals surface area contributed by atoms with E-state index in [1.54, 1.807) is 0 Å². The summed E-state index contributed by atoms with van der Waals surface area (Å²) in [6, 6.07) is 0.681. The van der Waals surface area contributed by atoms with Crippen LogP contribution < -0.4 is 5.32 Å². The number of likely N-dealkylation sites (tertiary alicyclic amines) is 1. The van der Waals surface area contributed by atoms with Crippen LogP contribution in [-0.2, 0) is 0 Å². The summed E-state index contributed by atoms with van der Waals surface area (Å²) in [7, 11) is 0. The van der Waals surface area contributed by atoms with Gasteiger partial charge in [0.15, 0.2) is 0 Å². The Morgan fingerprint density at radius 1 is 1.33 bits per heavy atom. The highest BCUT2D eigenvalue weighted by Gasteiger charge is 2.21. The SMILES string of the molecule is CCN1CCC(CNC(C)CC(C)C)C1. The van der Waals surface area contributed by atoms with Crippen molar-refractivity contribution in [1.82, 2.24) is 10.2 Å². The van der Waals surface area contributed by atoms with Crippen molar-refractivity contribution in [3.8, 4) is 0 Å². The van der Waals surface area contributed by atoms with Crippen molar-refractivity contribution >= 4 is 0 Å². The van der Waals surface area contributed by atoms with Crippen LogP contribution in [0.3, 0.4) is 0 Å². The number of nitrogens with zero attached hydrogens (tertiary/aromatic N) is 1. The van der Waals surface area contributed by atoms with Crippen LogP contribution in [0.15, 0.2) is 0 Å². The summed E-state index contributed by atoms with van der Waals surface area (Å²) in [5.41, 5.74) is 0. The van der Waals surface area contributed by atoms with E-state index in [2.05, 4.69) is 37.9 Å². The maximum absolute atomic E-state index is 3.67. The lowest BCUT2D eigenvalue weighted by Gasteiger charge is -2.19. The van der Waals surface area contributed by atoms with Crippen molar-refractivity contribution in [2.24, 2.45) is 11.8 Å². The average Bonchev–Trinajstić information content (AvgIpc) is 2.61. The largest absolute Gasteiger partial charge is 0.314 e. The van der Waals surface area contributed by atoms with Crippen LogP contribution in [0.25, 0.3) is 0 Å². The molecule has 0 bridgehead atoms. The molecule has 1 heterocycles. The standard InChI is InChI=1S/C13H28N2/c1-5-15-7-6-13(10-15)9-14-12(4)8-11(2)3/h11-14H,5-10H2,1-4H3. The van der Waals surface area contributed by atoms with Crippen LogP contribution >= 0.6 is 0 Å². The lowest BCUT2D eigenvalue weighted by atomic mass is 10.0. The highest BCUT2D eigenvalue weighted by atomic mass is 15.1. The highest BCUT2D eigenvalue weighted by molar-refractivity contribution is 4.77. The Morgan fingerprint density at radius 2 is 2.07 bits per heavy atom. The van der Waals surface area contributed by atoms with E-state index in [1.165, 1.54) is 39.0 Å². The van der Waals surface area contributed by atoms with Gasteiger partial charge in [-0.15, -0.1) is 0 Å². The van der Waals surface area contributed by atoms with Gasteiger partial charge in [-0.1, -0.05) is 20.8 Å². The molecule has 0 aromatic heterocycles. The molecule has 0 saturated carbocycles. The Bertz CT molecular complexity index is 168. The predicted octanol–water partition coefficient (Wildman–Crippen LogP) is 2.35. The van der Waals surface area contributed by atoms with E-state index in [9.17, 15) is 0 Å². The molecule has 2 unspecified atom stereocenters. The van der Waals surface area contributed by atoms with Gasteiger partial charge in [-0.25, -0.2) is 0 Å². The van der Waals surface area contributed by atoms with Crippen molar-refractivity contribution in [2.45, 2.75) is 46.6 Å². The van der Waals surface area contributed by atoms with E-state index >= 15 is 0 Å². The Labute approximate surface area is 95.4 Å². The van der Waals surface area contributed by atoms with Crippen molar-refractivity contribution < 1.29 is 0 Å². The first-order valence-electron chi connectivity index (χ1n) is 6.57. The highest BCUT2D eigenvalue weighted by Crippen LogP contribution is 2.15. The van der Waals surface area contributed by atoms with E-state index in [-0.39, 0.29) is 0 Å². The van der Waals surface area contributed by atoms with Crippen LogP contribution in [0.5, 0.6) is 0 Å². The molecule has 0 aliphatic carbocycles. The second-order valence-corrected chi connectivity index (χ2v) is 5.49. The zero-order chi connectivity index (χ0) is 11.3. The van der Waals surface area contributed by atoms with E-state index in [1.807, 2.05) is 0 Å². The molecular formula is C13H28N2. The van der Waals surface area contributed by atoms with Crippen molar-refractivity contribution in [3.05, 3.63) is 0 Å². The summed E-state index contributed by atoms with van der Waals surface area (Å²) >= 11 is 0. The third-order valence-electron chi connectivity index (χ3n) is 3.40. The van der Waals surface area contributed by atoms with Crippen LogP contribution in [0.2, 0.25) is 0 Å². The van der Waals surface area contributed by atoms with Gasteiger partial charge in [0, 0.05) is 12.6 Å². The molecule has 0 amide bonds. The monoisotopic (exact) mass is 212 g/mol. The second kappa shape index (κ2) is 6.49. The van der Waals surface area contributed by atoms with Crippen molar-refractivity contribution in [1.29, 1.82) is 0 Å². The first-order chi connectivity index (χ1) is 7.11. The summed E-state index contributed by atoms with van der Waals surface area (Å²) in [4.78, 5) is 2.56. The Balaban J connectivity index is 2.10. The van der Waals surface area contributed by atoms with E-state index in [0.717, 1.165) is 11.8 Å². The molecule has 2 nitrogen and oxygen atoms in total. The van der Waals surface area contributed by atoms with E-state index < -0.39 is 0 Å². The molecule has 0 aromatic rings. The van der Waals surface area contributed by atoms with Gasteiger partial charge in [-0.05, 0) is 51.2 Å². The van der Waals surface area contributed by atoms with Gasteiger partial charge in [-0.3, -0.25) is 0 Å². The van der Waals surface area contributed by atoms with Crippen molar-refractivity contribution in [3.63, 3.8) is 0 Å². The van der Waals surface area contributed by atoms with Gasteiger partial charge in [0.2, 0.25) is 0 Å². The normalized spacial score (nSPS) is 25.0. The molecule has 2 heteroatoms. The zero-order valence-electron chi connectivity index (χ0n) is 10.9. The van der Waals surface area contributed by atoms with Gasteiger partial charge >= 0.3 is 0 Å². The third-order valence-corrected chi connectivity index (χ3v) is 3.40. The minimum Gasteiger partial charge on any atom is -0.314 e. The molecule has 0 aromatic carbocycles. The number of hydrogen-bond acceptors (Lipinski definition) is 2. The smallest absolute Gasteiger partial charge is 0.00412 e. The summed E-state index contributed by atoms with van der Waals surface area (Å²) in [6.45, 7) is 14.2. The maximum atomic E-state index is 3.67. The Hall–Kier alpha value is -0.0800. The first kappa shape index (κ1) is 13.0. The predicted molar refractivity (Wildman–Crippen MR) is 67.1 cm³/mol. The topological polar surface area (TPSA) is 15.3 Å². The molecule has 1 fully saturated rings. The summed E-state index contributed by atoms with van der Waals surface area (Å²) in [5, 5.41) is 3.67. The lowest BCUT2D eigenvalue weighted by molar-refractivity contribution is 0.332. The minimum atomic E-state index is 0.681. The first-order valence-corrected chi connectivity index (χ1v) is 6.57. The number of hydrogen-bond donors (Lipinski definition) is 1. The number of rotatable bonds is 6. The fourth-order valence-corrected chi connectivity index (χ4v) is 2.52. The van der Waals surface area contributed by atoms with Crippen LogP contribution in [0.1, 0.15) is 40.5 Å². The van der Waals surface area contributed by atoms with Gasteiger partial charge < -0.3 is 10.2 Å². The molecule has 1 rings (SSSR count). The summed E-state index contributed by atoms with van der Waals surface area (Å²) in [5.74, 6) is 1.70. The van der Waals surface area contributed by atoms with E-state index in [4.69, 9.17) is 0 Å². The maximum Gasteiger partial charge on any atom is 0.00412 e. The summed E-state index contributed by atoms with van der Waals surface area (Å²) in [6.07, 6.45) is 2.68. The van der Waals surface area contributed by atoms with Crippen LogP contribution in [0.4, 0.5) is 0 Å². The molecule has 2 atom stereocenters. The Kier molecular flexibility index (Phi) is 5.62. The fraction of sp³-hybridized carbons (Fsp3) is 1.00. The van der Waals surface area contributed by atoms with Crippen molar-refractivity contribution in [2.75, 3.05) is 26.2 Å². The van der Waals surface area contributed by atoms with Gasteiger partial charge in [0.25, 0.3) is 0 Å². The van der Waals surface area contributed by atoms with Gasteiger partial charge in [0.1, 0.15) is 0 Å². The third kappa shape index (κ3) is 4.98. The quantitative estimate of drug-likeness (QED) is 0.727. The van der Waals surface area contributed by atoms with Crippen LogP contribution in [-0.4, -0.2) is 37.1 Å².